The number of hydrogen-bond acceptors (Lipinski definition) is 45. The van der Waals surface area contributed by atoms with Crippen LogP contribution in [0.4, 0.5) is 0 Å². The standard InChI is InChI=1S/C97H192N4O42/c1-93(2)7-5-6-10-99-91-95(101-98)92-143-90-89-142-88-87-108-19-16-105-13-9-97(103)100-11-14-106-17-20-109-22-24-111-26-28-113-30-32-115-34-36-117-38-40-119-42-44-121-46-48-123-50-52-125-54-56-127-58-60-129-62-64-131-66-68-133-70-72-135-74-76-137-78-80-139-82-84-141-86-85-140-83-81-138-79-77-136-75-73-134-71-69-132-67-65-130-63-61-128-59-57-126-55-53-124-51-49-122-47-45-120-43-41-118-39-37-116-35-33-114-31-29-112-27-25-110-23-21-107-18-15-104-12-8-96(102)94(3)4/h91,93-94,98-99H,5-90,92H2,1-4H3,(H,100,103)/b95-91-,101-98?. The molecule has 0 fully saturated rings. The van der Waals surface area contributed by atoms with E-state index in [1.54, 1.807) is 6.20 Å². The summed E-state index contributed by atoms with van der Waals surface area (Å²) in [4.78, 5) is 23.6. The van der Waals surface area contributed by atoms with Gasteiger partial charge >= 0.3 is 0 Å². The first-order valence-electron chi connectivity index (χ1n) is 51.6. The second-order valence-corrected chi connectivity index (χ2v) is 31.0. The number of carbonyl (C=O) groups is 2. The smallest absolute Gasteiger partial charge is 0.222 e. The zero-order valence-electron chi connectivity index (χ0n) is 87.8. The number of unbranched alkanes of at least 4 members (excludes halogenated alkanes) is 1. The highest BCUT2D eigenvalue weighted by atomic mass is 16.6. The zero-order chi connectivity index (χ0) is 103. The number of carbonyl (C=O) groups excluding carboxylic acids is 2. The van der Waals surface area contributed by atoms with Crippen LogP contribution in [0.2, 0.25) is 0 Å². The number of rotatable bonds is 133. The molecule has 0 aromatic heterocycles. The second kappa shape index (κ2) is 129. The number of Topliss-reactive ketones (excluding diaryl/α,β-unsaturated/α-hetero) is 1. The molecule has 0 atom stereocenters. The molecule has 1 amide bonds. The molecule has 0 aromatic carbocycles. The maximum atomic E-state index is 12.0. The number of hydrogen-bond donors (Lipinski definition) is 3. The fourth-order valence-corrected chi connectivity index (χ4v) is 10.7. The molecule has 0 heterocycles. The molecule has 46 heteroatoms. The second-order valence-electron chi connectivity index (χ2n) is 31.0. The van der Waals surface area contributed by atoms with Gasteiger partial charge in [0.1, 0.15) is 11.5 Å². The molecule has 143 heavy (non-hydrogen) atoms. The molecule has 0 saturated carbocycles. The molecule has 0 spiro atoms. The predicted molar refractivity (Wildman–Crippen MR) is 525 cm³/mol. The summed E-state index contributed by atoms with van der Waals surface area (Å²) in [6.45, 7) is 46.2. The van der Waals surface area contributed by atoms with Crippen LogP contribution in [0.3, 0.4) is 0 Å². The minimum absolute atomic E-state index is 0.0460. The molecule has 0 unspecified atom stereocenters. The van der Waals surface area contributed by atoms with Crippen molar-refractivity contribution < 1.29 is 199 Å². The quantitative estimate of drug-likeness (QED) is 0.0571. The van der Waals surface area contributed by atoms with E-state index in [9.17, 15) is 9.59 Å². The lowest BCUT2D eigenvalue weighted by molar-refractivity contribution is -0.123. The van der Waals surface area contributed by atoms with Crippen molar-refractivity contribution in [2.75, 3.05) is 542 Å². The monoisotopic (exact) mass is 2090 g/mol. The predicted octanol–water partition coefficient (Wildman–Crippen LogP) is 4.06. The third kappa shape index (κ3) is 129. The van der Waals surface area contributed by atoms with Gasteiger partial charge in [-0.1, -0.05) is 40.5 Å². The summed E-state index contributed by atoms with van der Waals surface area (Å²) >= 11 is 0. The van der Waals surface area contributed by atoms with E-state index in [1.165, 1.54) is 12.8 Å². The molecule has 0 aliphatic rings. The normalized spacial score (nSPS) is 11.9. The minimum atomic E-state index is -0.107. The molecule has 0 rings (SSSR count). The lowest BCUT2D eigenvalue weighted by Crippen LogP contribution is -2.28. The Morgan fingerprint density at radius 3 is 0.517 bits per heavy atom. The van der Waals surface area contributed by atoms with Crippen molar-refractivity contribution >= 4 is 11.7 Å². The first-order chi connectivity index (χ1) is 70.9. The fourth-order valence-electron chi connectivity index (χ4n) is 10.7. The Labute approximate surface area is 853 Å². The van der Waals surface area contributed by atoms with Crippen LogP contribution < -0.4 is 10.6 Å². The zero-order valence-corrected chi connectivity index (χ0v) is 87.8. The Morgan fingerprint density at radius 1 is 0.203 bits per heavy atom. The number of amides is 1. The Kier molecular flexibility index (Phi) is 126. The summed E-state index contributed by atoms with van der Waals surface area (Å²) < 4.78 is 221. The van der Waals surface area contributed by atoms with Crippen molar-refractivity contribution in [2.24, 2.45) is 17.0 Å². The lowest BCUT2D eigenvalue weighted by atomic mass is 10.1. The van der Waals surface area contributed by atoms with Crippen molar-refractivity contribution in [1.29, 1.82) is 5.53 Å². The molecule has 0 aromatic rings. The average molecular weight is 2090 g/mol. The molecule has 0 radical (unpaired) electrons. The van der Waals surface area contributed by atoms with Gasteiger partial charge in [-0.2, -0.15) is 5.11 Å². The lowest BCUT2D eigenvalue weighted by Gasteiger charge is -2.09. The summed E-state index contributed by atoms with van der Waals surface area (Å²) in [7, 11) is 0. The molecular weight excluding hydrogens is 1890 g/mol. The average Bonchev–Trinajstić information content (AvgIpc) is 1.01. The van der Waals surface area contributed by atoms with Gasteiger partial charge in [-0.3, -0.25) is 9.59 Å². The van der Waals surface area contributed by atoms with Crippen LogP contribution in [0.1, 0.15) is 59.8 Å². The highest BCUT2D eigenvalue weighted by Crippen LogP contribution is 2.07. The van der Waals surface area contributed by atoms with Crippen molar-refractivity contribution in [1.82, 2.24) is 10.6 Å². The maximum absolute atomic E-state index is 12.0. The molecular formula is C97H192N4O42. The Balaban J connectivity index is 3.14. The molecule has 0 bridgehead atoms. The number of ether oxygens (including phenoxy) is 40. The molecule has 0 saturated heterocycles. The minimum Gasteiger partial charge on any atom is -0.389 e. The van der Waals surface area contributed by atoms with Crippen LogP contribution in [-0.4, -0.2) is 553 Å². The van der Waals surface area contributed by atoms with Crippen LogP contribution in [-0.2, 0) is 199 Å². The van der Waals surface area contributed by atoms with Gasteiger partial charge in [-0.05, 0) is 12.3 Å². The Morgan fingerprint density at radius 2 is 0.357 bits per heavy atom. The van der Waals surface area contributed by atoms with Crippen LogP contribution >= 0.6 is 0 Å². The van der Waals surface area contributed by atoms with Crippen molar-refractivity contribution in [3.63, 3.8) is 0 Å². The summed E-state index contributed by atoms with van der Waals surface area (Å²) in [5.41, 5.74) is 7.84. The third-order valence-corrected chi connectivity index (χ3v) is 18.3. The van der Waals surface area contributed by atoms with Gasteiger partial charge in [0.05, 0.1) is 529 Å². The number of nitrogens with zero attached hydrogens (tertiary/aromatic N) is 1. The van der Waals surface area contributed by atoms with Gasteiger partial charge < -0.3 is 200 Å². The van der Waals surface area contributed by atoms with E-state index < -0.39 is 0 Å². The van der Waals surface area contributed by atoms with Gasteiger partial charge in [-0.15, -0.1) is 0 Å². The van der Waals surface area contributed by atoms with E-state index >= 15 is 0 Å². The van der Waals surface area contributed by atoms with Crippen LogP contribution in [0, 0.1) is 17.4 Å². The summed E-state index contributed by atoms with van der Waals surface area (Å²) in [6.07, 6.45) is 5.91. The Hall–Kier alpha value is -3.32. The van der Waals surface area contributed by atoms with Gasteiger partial charge in [0.25, 0.3) is 0 Å². The summed E-state index contributed by atoms with van der Waals surface area (Å²) in [5.74, 6) is 0.864. The third-order valence-electron chi connectivity index (χ3n) is 18.3. The van der Waals surface area contributed by atoms with Gasteiger partial charge in [0.15, 0.2) is 0 Å². The number of ketones is 1. The highest BCUT2D eigenvalue weighted by molar-refractivity contribution is 5.80. The van der Waals surface area contributed by atoms with E-state index in [0.29, 0.717) is 547 Å². The van der Waals surface area contributed by atoms with E-state index in [-0.39, 0.29) is 30.6 Å². The molecule has 46 nitrogen and oxygen atoms in total. The largest absolute Gasteiger partial charge is 0.389 e. The van der Waals surface area contributed by atoms with Gasteiger partial charge in [0, 0.05) is 38.0 Å². The molecule has 852 valence electrons. The van der Waals surface area contributed by atoms with Crippen molar-refractivity contribution in [3.8, 4) is 0 Å². The topological polar surface area (TPSA) is 464 Å². The van der Waals surface area contributed by atoms with E-state index in [4.69, 9.17) is 195 Å². The van der Waals surface area contributed by atoms with E-state index in [0.717, 1.165) is 13.0 Å². The van der Waals surface area contributed by atoms with Crippen LogP contribution in [0.25, 0.3) is 0 Å². The molecule has 0 aliphatic heterocycles. The van der Waals surface area contributed by atoms with E-state index in [1.807, 2.05) is 13.8 Å². The van der Waals surface area contributed by atoms with Crippen molar-refractivity contribution in [3.05, 3.63) is 11.9 Å². The van der Waals surface area contributed by atoms with Gasteiger partial charge in [-0.25, -0.2) is 5.53 Å². The maximum Gasteiger partial charge on any atom is 0.222 e. The molecule has 0 aliphatic carbocycles. The summed E-state index contributed by atoms with van der Waals surface area (Å²) in [5, 5.41) is 9.51. The number of nitrogens with one attached hydrogen (secondary N) is 3. The van der Waals surface area contributed by atoms with E-state index in [2.05, 4.69) is 29.6 Å². The SMILES string of the molecule is CC(C)CCCCN/C=C(/COCCOCCOCCOCCC(=O)NCCOCCOCCOCCOCCOCCOCCOCCOCCOCCOCCOCCOCCOCCOCCOCCOCCOCCOCCOCCOCCOCCOCCOCCOCCOCCOCCOCCOCCOCCOCCOCCOCCOCCOCCOCCOCCC(=O)C(C)C)N=N. The first kappa shape index (κ1) is 140. The molecule has 3 N–H and O–H groups in total. The summed E-state index contributed by atoms with van der Waals surface area (Å²) in [6, 6.07) is 0. The fraction of sp³-hybridized carbons (Fsp3) is 0.959. The highest BCUT2D eigenvalue weighted by Gasteiger charge is 2.10. The van der Waals surface area contributed by atoms with Crippen LogP contribution in [0.15, 0.2) is 17.0 Å². The van der Waals surface area contributed by atoms with Gasteiger partial charge in [0.2, 0.25) is 5.91 Å². The first-order valence-corrected chi connectivity index (χ1v) is 51.6. The Bertz CT molecular complexity index is 2390. The van der Waals surface area contributed by atoms with Crippen LogP contribution in [0.5, 0.6) is 0 Å². The van der Waals surface area contributed by atoms with Crippen molar-refractivity contribution in [2.45, 2.75) is 59.8 Å².